The zero-order valence-electron chi connectivity index (χ0n) is 27.8. The fourth-order valence-corrected chi connectivity index (χ4v) is 11.8. The minimum atomic E-state index is -0.389. The molecule has 1 aromatic carbocycles. The lowest BCUT2D eigenvalue weighted by Gasteiger charge is -2.62. The maximum atomic E-state index is 14.7. The lowest BCUT2D eigenvalue weighted by Crippen LogP contribution is -2.63. The van der Waals surface area contributed by atoms with E-state index in [-0.39, 0.29) is 63.0 Å². The standard InChI is InChI=1S/C37H55N3O3/c1-23(2)32(43)39-29-16-17-36-21-37(36)28(15-14-27(36)33(29,4)22-38-20-25-12-10-9-11-13-25)34(5)18-26(41)31(24(3)40(7)8)35(34,6)19-30(37)42/h9-13,22-24,26-29,31,41H,14-21H2,1-8H3,(H,39,43)/b38-22+/t24-,26+,27-,28-,29-,31-,33-,34-,35+,36?,37-/m0/s1. The molecule has 6 nitrogen and oxygen atoms in total. The molecule has 236 valence electrons. The molecule has 1 amide bonds. The summed E-state index contributed by atoms with van der Waals surface area (Å²) in [6, 6.07) is 10.6. The highest BCUT2D eigenvalue weighted by molar-refractivity contribution is 5.92. The van der Waals surface area contributed by atoms with Crippen molar-refractivity contribution in [2.24, 2.45) is 55.7 Å². The maximum absolute atomic E-state index is 14.7. The number of hydrogen-bond donors (Lipinski definition) is 2. The minimum Gasteiger partial charge on any atom is -0.393 e. The van der Waals surface area contributed by atoms with Crippen LogP contribution in [-0.2, 0) is 16.1 Å². The lowest BCUT2D eigenvalue weighted by atomic mass is 9.41. The zero-order chi connectivity index (χ0) is 31.2. The highest BCUT2D eigenvalue weighted by Gasteiger charge is 2.86. The van der Waals surface area contributed by atoms with Crippen LogP contribution in [0.15, 0.2) is 35.3 Å². The van der Waals surface area contributed by atoms with Crippen molar-refractivity contribution in [3.05, 3.63) is 35.9 Å². The quantitative estimate of drug-likeness (QED) is 0.387. The Hall–Kier alpha value is -2.05. The second-order valence-electron chi connectivity index (χ2n) is 16.5. The summed E-state index contributed by atoms with van der Waals surface area (Å²) in [5.74, 6) is 1.15. The van der Waals surface area contributed by atoms with Crippen LogP contribution < -0.4 is 5.32 Å². The Labute approximate surface area is 259 Å². The summed E-state index contributed by atoms with van der Waals surface area (Å²) in [4.78, 5) is 35.0. The molecule has 6 heteroatoms. The summed E-state index contributed by atoms with van der Waals surface area (Å²) < 4.78 is 0. The Kier molecular flexibility index (Phi) is 7.37. The third kappa shape index (κ3) is 4.14. The van der Waals surface area contributed by atoms with E-state index in [9.17, 15) is 14.7 Å². The van der Waals surface area contributed by atoms with E-state index in [1.807, 2.05) is 19.9 Å². The molecule has 0 bridgehead atoms. The molecule has 0 saturated heterocycles. The molecule has 11 atom stereocenters. The first kappa shape index (κ1) is 31.0. The molecule has 2 spiro atoms. The minimum absolute atomic E-state index is 0.00455. The third-order valence-electron chi connectivity index (χ3n) is 14.3. The summed E-state index contributed by atoms with van der Waals surface area (Å²) in [5.41, 5.74) is 0.206. The number of benzene rings is 1. The second kappa shape index (κ2) is 10.2. The Bertz CT molecular complexity index is 1300. The predicted molar refractivity (Wildman–Crippen MR) is 172 cm³/mol. The van der Waals surface area contributed by atoms with E-state index in [0.717, 1.165) is 38.5 Å². The van der Waals surface area contributed by atoms with Crippen molar-refractivity contribution in [3.63, 3.8) is 0 Å². The molecule has 5 aliphatic rings. The number of Topliss-reactive ketones (excluding diaryl/α,β-unsaturated/α-hetero) is 1. The van der Waals surface area contributed by atoms with E-state index in [0.29, 0.717) is 30.6 Å². The smallest absolute Gasteiger partial charge is 0.222 e. The van der Waals surface area contributed by atoms with Crippen LogP contribution in [0.2, 0.25) is 0 Å². The van der Waals surface area contributed by atoms with E-state index in [1.165, 1.54) is 5.56 Å². The SMILES string of the molecule is CC(C)C(=O)N[C@H]1CCC23C[C@]24C(=O)C[C@]2(C)[C@@H]([C@H](C)N(C)C)[C@H](O)C[C@@]2(C)[C@@H]4CC[C@H]3[C@]1(C)/C=N/Cc1ccccc1. The van der Waals surface area contributed by atoms with Gasteiger partial charge in [-0.3, -0.25) is 14.6 Å². The van der Waals surface area contributed by atoms with Crippen LogP contribution in [0.25, 0.3) is 0 Å². The Morgan fingerprint density at radius 2 is 1.74 bits per heavy atom. The number of aliphatic hydroxyl groups excluding tert-OH is 1. The van der Waals surface area contributed by atoms with Crippen molar-refractivity contribution in [1.29, 1.82) is 0 Å². The molecule has 0 aromatic heterocycles. The van der Waals surface area contributed by atoms with Crippen LogP contribution in [0.5, 0.6) is 0 Å². The number of rotatable bonds is 7. The van der Waals surface area contributed by atoms with Crippen molar-refractivity contribution < 1.29 is 14.7 Å². The zero-order valence-corrected chi connectivity index (χ0v) is 27.8. The monoisotopic (exact) mass is 589 g/mol. The van der Waals surface area contributed by atoms with Gasteiger partial charge in [0, 0.05) is 47.4 Å². The van der Waals surface area contributed by atoms with E-state index in [1.54, 1.807) is 0 Å². The van der Waals surface area contributed by atoms with Gasteiger partial charge >= 0.3 is 0 Å². The number of carbonyl (C=O) groups excluding carboxylic acids is 2. The molecular formula is C37H55N3O3. The number of amides is 1. The molecule has 43 heavy (non-hydrogen) atoms. The Balaban J connectivity index is 1.36. The molecule has 6 rings (SSSR count). The van der Waals surface area contributed by atoms with Gasteiger partial charge in [-0.25, -0.2) is 0 Å². The number of aliphatic imine (C=N–C) groups is 1. The van der Waals surface area contributed by atoms with Crippen molar-refractivity contribution in [3.8, 4) is 0 Å². The largest absolute Gasteiger partial charge is 0.393 e. The first-order chi connectivity index (χ1) is 20.2. The van der Waals surface area contributed by atoms with Gasteiger partial charge in [-0.15, -0.1) is 0 Å². The molecule has 1 unspecified atom stereocenters. The topological polar surface area (TPSA) is 82.0 Å². The number of ketones is 1. The summed E-state index contributed by atoms with van der Waals surface area (Å²) in [5, 5.41) is 15.1. The number of carbonyl (C=O) groups is 2. The second-order valence-corrected chi connectivity index (χ2v) is 16.5. The first-order valence-electron chi connectivity index (χ1n) is 16.9. The van der Waals surface area contributed by atoms with E-state index in [4.69, 9.17) is 4.99 Å². The molecule has 5 saturated carbocycles. The molecule has 2 N–H and O–H groups in total. The average Bonchev–Trinajstić information content (AvgIpc) is 3.59. The van der Waals surface area contributed by atoms with Crippen LogP contribution in [0.4, 0.5) is 0 Å². The highest BCUT2D eigenvalue weighted by atomic mass is 16.3. The van der Waals surface area contributed by atoms with Gasteiger partial charge < -0.3 is 15.3 Å². The summed E-state index contributed by atoms with van der Waals surface area (Å²) in [7, 11) is 4.20. The molecule has 0 heterocycles. The van der Waals surface area contributed by atoms with Gasteiger partial charge in [0.15, 0.2) is 0 Å². The Morgan fingerprint density at radius 3 is 2.40 bits per heavy atom. The number of aliphatic hydroxyl groups is 1. The number of nitrogens with one attached hydrogen (secondary N) is 1. The summed E-state index contributed by atoms with van der Waals surface area (Å²) in [6.07, 6.45) is 8.02. The first-order valence-corrected chi connectivity index (χ1v) is 16.9. The highest BCUT2D eigenvalue weighted by Crippen LogP contribution is 2.87. The normalized spacial score (nSPS) is 45.8. The van der Waals surface area contributed by atoms with Crippen molar-refractivity contribution in [1.82, 2.24) is 10.2 Å². The fraction of sp³-hybridized carbons (Fsp3) is 0.757. The number of nitrogens with zero attached hydrogens (tertiary/aromatic N) is 2. The van der Waals surface area contributed by atoms with Gasteiger partial charge in [0.25, 0.3) is 0 Å². The van der Waals surface area contributed by atoms with Gasteiger partial charge in [-0.2, -0.15) is 0 Å². The van der Waals surface area contributed by atoms with E-state index in [2.05, 4.69) is 82.5 Å². The van der Waals surface area contributed by atoms with Crippen LogP contribution in [0.1, 0.15) is 92.1 Å². The summed E-state index contributed by atoms with van der Waals surface area (Å²) in [6.45, 7) is 13.8. The molecule has 5 aliphatic carbocycles. The van der Waals surface area contributed by atoms with Gasteiger partial charge in [0.2, 0.25) is 5.91 Å². The predicted octanol–water partition coefficient (Wildman–Crippen LogP) is 5.92. The summed E-state index contributed by atoms with van der Waals surface area (Å²) >= 11 is 0. The lowest BCUT2D eigenvalue weighted by molar-refractivity contribution is -0.167. The van der Waals surface area contributed by atoms with Gasteiger partial charge in [-0.1, -0.05) is 65.0 Å². The fourth-order valence-electron chi connectivity index (χ4n) is 11.8. The van der Waals surface area contributed by atoms with E-state index < -0.39 is 0 Å². The van der Waals surface area contributed by atoms with E-state index >= 15 is 0 Å². The van der Waals surface area contributed by atoms with Crippen molar-refractivity contribution in [2.75, 3.05) is 14.1 Å². The molecule has 0 radical (unpaired) electrons. The Morgan fingerprint density at radius 1 is 1.07 bits per heavy atom. The van der Waals surface area contributed by atoms with Gasteiger partial charge in [0.05, 0.1) is 12.6 Å². The van der Waals surface area contributed by atoms with Gasteiger partial charge in [0.1, 0.15) is 5.78 Å². The van der Waals surface area contributed by atoms with Crippen LogP contribution >= 0.6 is 0 Å². The number of hydrogen-bond acceptors (Lipinski definition) is 5. The maximum Gasteiger partial charge on any atom is 0.222 e. The molecule has 5 fully saturated rings. The van der Waals surface area contributed by atoms with Crippen LogP contribution in [0.3, 0.4) is 0 Å². The number of fused-ring (bicyclic) bond motifs is 2. The molecule has 0 aliphatic heterocycles. The van der Waals surface area contributed by atoms with Crippen molar-refractivity contribution >= 4 is 17.9 Å². The van der Waals surface area contributed by atoms with Crippen molar-refractivity contribution in [2.45, 2.75) is 111 Å². The molecule has 1 aromatic rings. The van der Waals surface area contributed by atoms with Crippen LogP contribution in [0, 0.1) is 50.7 Å². The molecular weight excluding hydrogens is 534 g/mol. The average molecular weight is 590 g/mol. The van der Waals surface area contributed by atoms with Gasteiger partial charge in [-0.05, 0) is 93.2 Å². The third-order valence-corrected chi connectivity index (χ3v) is 14.3. The van der Waals surface area contributed by atoms with Crippen LogP contribution in [-0.4, -0.2) is 60.2 Å².